The van der Waals surface area contributed by atoms with Crippen LogP contribution in [0.25, 0.3) is 0 Å². The zero-order valence-electron chi connectivity index (χ0n) is 17.2. The van der Waals surface area contributed by atoms with Crippen molar-refractivity contribution in [2.24, 2.45) is 0 Å². The van der Waals surface area contributed by atoms with Gasteiger partial charge in [0.1, 0.15) is 0 Å². The molecule has 28 heavy (non-hydrogen) atoms. The molecule has 152 valence electrons. The molecule has 1 aliphatic rings. The number of methoxy groups -OCH3 is 2. The van der Waals surface area contributed by atoms with Gasteiger partial charge in [-0.05, 0) is 86.9 Å². The van der Waals surface area contributed by atoms with E-state index in [4.69, 9.17) is 9.47 Å². The molecule has 0 fully saturated rings. The van der Waals surface area contributed by atoms with E-state index in [0.717, 1.165) is 69.5 Å². The normalized spacial score (nSPS) is 15.5. The lowest BCUT2D eigenvalue weighted by Crippen LogP contribution is -2.30. The standard InChI is InChI=1S/C24H33NO3/c1-27-22-17-20-9-13-24(26,14-10-21(20)18-23(22)28-2)12-6-15-25-16-11-19-7-4-3-5-8-19/h3-5,7-8,17-18,25-26H,6,9-16H2,1-2H3. The number of hydrogen-bond acceptors (Lipinski definition) is 4. The van der Waals surface area contributed by atoms with Crippen LogP contribution < -0.4 is 14.8 Å². The molecule has 0 heterocycles. The molecule has 4 heteroatoms. The Kier molecular flexibility index (Phi) is 7.35. The molecular weight excluding hydrogens is 350 g/mol. The summed E-state index contributed by atoms with van der Waals surface area (Å²) in [6, 6.07) is 14.7. The highest BCUT2D eigenvalue weighted by atomic mass is 16.5. The Morgan fingerprint density at radius 1 is 0.929 bits per heavy atom. The van der Waals surface area contributed by atoms with Crippen LogP contribution >= 0.6 is 0 Å². The van der Waals surface area contributed by atoms with Gasteiger partial charge in [-0.3, -0.25) is 0 Å². The van der Waals surface area contributed by atoms with Gasteiger partial charge in [-0.25, -0.2) is 0 Å². The number of fused-ring (bicyclic) bond motifs is 1. The molecule has 2 aromatic rings. The van der Waals surface area contributed by atoms with E-state index in [0.29, 0.717) is 0 Å². The summed E-state index contributed by atoms with van der Waals surface area (Å²) in [6.07, 6.45) is 6.26. The summed E-state index contributed by atoms with van der Waals surface area (Å²) in [4.78, 5) is 0. The van der Waals surface area contributed by atoms with Gasteiger partial charge in [-0.1, -0.05) is 30.3 Å². The first-order valence-electron chi connectivity index (χ1n) is 10.3. The van der Waals surface area contributed by atoms with Crippen molar-refractivity contribution in [1.82, 2.24) is 5.32 Å². The Balaban J connectivity index is 1.45. The minimum absolute atomic E-state index is 0.583. The molecule has 2 aromatic carbocycles. The van der Waals surface area contributed by atoms with Gasteiger partial charge in [0.2, 0.25) is 0 Å². The second kappa shape index (κ2) is 9.94. The summed E-state index contributed by atoms with van der Waals surface area (Å²) in [5.74, 6) is 1.55. The van der Waals surface area contributed by atoms with Crippen LogP contribution in [0.3, 0.4) is 0 Å². The maximum Gasteiger partial charge on any atom is 0.161 e. The Bertz CT molecular complexity index is 710. The number of aryl methyl sites for hydroxylation is 2. The first kappa shape index (κ1) is 20.7. The Morgan fingerprint density at radius 2 is 1.54 bits per heavy atom. The summed E-state index contributed by atoms with van der Waals surface area (Å²) < 4.78 is 10.9. The van der Waals surface area contributed by atoms with Crippen molar-refractivity contribution in [1.29, 1.82) is 0 Å². The van der Waals surface area contributed by atoms with Crippen LogP contribution in [-0.2, 0) is 19.3 Å². The van der Waals surface area contributed by atoms with Crippen LogP contribution in [0, 0.1) is 0 Å². The Labute approximate surface area is 168 Å². The van der Waals surface area contributed by atoms with Crippen LogP contribution in [0.4, 0.5) is 0 Å². The van der Waals surface area contributed by atoms with Gasteiger partial charge < -0.3 is 19.9 Å². The third kappa shape index (κ3) is 5.49. The fourth-order valence-corrected chi connectivity index (χ4v) is 4.08. The van der Waals surface area contributed by atoms with E-state index < -0.39 is 5.60 Å². The minimum Gasteiger partial charge on any atom is -0.493 e. The van der Waals surface area contributed by atoms with Crippen molar-refractivity contribution in [2.45, 2.75) is 50.5 Å². The minimum atomic E-state index is -0.583. The van der Waals surface area contributed by atoms with Gasteiger partial charge in [0.15, 0.2) is 11.5 Å². The van der Waals surface area contributed by atoms with Crippen LogP contribution in [0.2, 0.25) is 0 Å². The Morgan fingerprint density at radius 3 is 2.11 bits per heavy atom. The van der Waals surface area contributed by atoms with E-state index >= 15 is 0 Å². The number of rotatable bonds is 9. The van der Waals surface area contributed by atoms with Gasteiger partial charge in [0.25, 0.3) is 0 Å². The zero-order valence-corrected chi connectivity index (χ0v) is 17.2. The lowest BCUT2D eigenvalue weighted by atomic mass is 9.89. The molecule has 0 atom stereocenters. The van der Waals surface area contributed by atoms with Crippen molar-refractivity contribution >= 4 is 0 Å². The summed E-state index contributed by atoms with van der Waals surface area (Å²) >= 11 is 0. The van der Waals surface area contributed by atoms with E-state index in [1.165, 1.54) is 16.7 Å². The van der Waals surface area contributed by atoms with Crippen molar-refractivity contribution in [3.05, 3.63) is 59.2 Å². The first-order chi connectivity index (χ1) is 13.6. The molecule has 0 aliphatic heterocycles. The average Bonchev–Trinajstić information content (AvgIpc) is 2.89. The molecule has 0 unspecified atom stereocenters. The number of nitrogens with one attached hydrogen (secondary N) is 1. The zero-order chi connectivity index (χ0) is 19.8. The average molecular weight is 384 g/mol. The predicted octanol–water partition coefficient (Wildman–Crippen LogP) is 3.93. The molecule has 2 N–H and O–H groups in total. The number of ether oxygens (including phenoxy) is 2. The SMILES string of the molecule is COc1cc2c(cc1OC)CCC(O)(CCCNCCc1ccccc1)CC2. The van der Waals surface area contributed by atoms with E-state index in [-0.39, 0.29) is 0 Å². The lowest BCUT2D eigenvalue weighted by molar-refractivity contribution is 0.0155. The lowest BCUT2D eigenvalue weighted by Gasteiger charge is -2.26. The Hall–Kier alpha value is -2.04. The molecule has 0 saturated carbocycles. The molecule has 3 rings (SSSR count). The predicted molar refractivity (Wildman–Crippen MR) is 113 cm³/mol. The maximum atomic E-state index is 11.1. The highest BCUT2D eigenvalue weighted by molar-refractivity contribution is 5.48. The molecule has 0 saturated heterocycles. The molecule has 0 aromatic heterocycles. The number of hydrogen-bond donors (Lipinski definition) is 2. The fourth-order valence-electron chi connectivity index (χ4n) is 4.08. The largest absolute Gasteiger partial charge is 0.493 e. The molecule has 1 aliphatic carbocycles. The third-order valence-corrected chi connectivity index (χ3v) is 5.85. The van der Waals surface area contributed by atoms with E-state index in [1.54, 1.807) is 14.2 Å². The van der Waals surface area contributed by atoms with Crippen LogP contribution in [-0.4, -0.2) is 38.0 Å². The van der Waals surface area contributed by atoms with Gasteiger partial charge in [0.05, 0.1) is 19.8 Å². The van der Waals surface area contributed by atoms with E-state index in [1.807, 2.05) is 0 Å². The van der Waals surface area contributed by atoms with Gasteiger partial charge in [-0.2, -0.15) is 0 Å². The van der Waals surface area contributed by atoms with Gasteiger partial charge >= 0.3 is 0 Å². The second-order valence-corrected chi connectivity index (χ2v) is 7.79. The smallest absolute Gasteiger partial charge is 0.161 e. The van der Waals surface area contributed by atoms with Gasteiger partial charge in [0, 0.05) is 0 Å². The third-order valence-electron chi connectivity index (χ3n) is 5.85. The second-order valence-electron chi connectivity index (χ2n) is 7.79. The summed E-state index contributed by atoms with van der Waals surface area (Å²) in [7, 11) is 3.34. The molecule has 4 nitrogen and oxygen atoms in total. The molecule has 0 radical (unpaired) electrons. The van der Waals surface area contributed by atoms with Crippen molar-refractivity contribution < 1.29 is 14.6 Å². The number of aliphatic hydroxyl groups is 1. The highest BCUT2D eigenvalue weighted by Crippen LogP contribution is 2.37. The quantitative estimate of drug-likeness (QED) is 0.509. The van der Waals surface area contributed by atoms with Gasteiger partial charge in [-0.15, -0.1) is 0 Å². The fraction of sp³-hybridized carbons (Fsp3) is 0.500. The number of benzene rings is 2. The monoisotopic (exact) mass is 383 g/mol. The topological polar surface area (TPSA) is 50.7 Å². The first-order valence-corrected chi connectivity index (χ1v) is 10.3. The van der Waals surface area contributed by atoms with Crippen molar-refractivity contribution in [3.8, 4) is 11.5 Å². The van der Waals surface area contributed by atoms with Crippen molar-refractivity contribution in [2.75, 3.05) is 27.3 Å². The van der Waals surface area contributed by atoms with Crippen LogP contribution in [0.5, 0.6) is 11.5 Å². The maximum absolute atomic E-state index is 11.1. The van der Waals surface area contributed by atoms with Crippen LogP contribution in [0.15, 0.2) is 42.5 Å². The molecule has 0 bridgehead atoms. The van der Waals surface area contributed by atoms with Crippen LogP contribution in [0.1, 0.15) is 42.4 Å². The summed E-state index contributed by atoms with van der Waals surface area (Å²) in [5.41, 5.74) is 3.32. The summed E-state index contributed by atoms with van der Waals surface area (Å²) in [6.45, 7) is 1.93. The summed E-state index contributed by atoms with van der Waals surface area (Å²) in [5, 5.41) is 14.6. The highest BCUT2D eigenvalue weighted by Gasteiger charge is 2.29. The molecule has 0 spiro atoms. The molecular formula is C24H33NO3. The van der Waals surface area contributed by atoms with E-state index in [9.17, 15) is 5.11 Å². The molecule has 0 amide bonds. The van der Waals surface area contributed by atoms with Crippen molar-refractivity contribution in [3.63, 3.8) is 0 Å². The van der Waals surface area contributed by atoms with E-state index in [2.05, 4.69) is 47.8 Å².